The van der Waals surface area contributed by atoms with E-state index in [2.05, 4.69) is 5.32 Å². The first kappa shape index (κ1) is 13.0. The van der Waals surface area contributed by atoms with Crippen LogP contribution in [0.2, 0.25) is 5.02 Å². The molecule has 0 aliphatic carbocycles. The fourth-order valence-corrected chi connectivity index (χ4v) is 1.65. The highest BCUT2D eigenvalue weighted by atomic mass is 35.5. The Labute approximate surface area is 101 Å². The van der Waals surface area contributed by atoms with E-state index >= 15 is 0 Å². The van der Waals surface area contributed by atoms with E-state index in [0.717, 1.165) is 24.1 Å². The minimum atomic E-state index is -0.460. The smallest absolute Gasteiger partial charge is 0.239 e. The Morgan fingerprint density at radius 1 is 1.56 bits per heavy atom. The van der Waals surface area contributed by atoms with Crippen molar-refractivity contribution in [3.05, 3.63) is 34.3 Å². The first-order chi connectivity index (χ1) is 7.56. The van der Waals surface area contributed by atoms with Crippen LogP contribution in [0.4, 0.5) is 0 Å². The standard InChI is InChI=1S/C12H17ClN2O/c1-3-6-15-11(12(14)16)9-5-4-8(2)10(13)7-9/h4-5,7,11,15H,3,6H2,1-2H3,(H2,14,16). The van der Waals surface area contributed by atoms with Gasteiger partial charge in [0.25, 0.3) is 0 Å². The van der Waals surface area contributed by atoms with Crippen molar-refractivity contribution >= 4 is 17.5 Å². The summed E-state index contributed by atoms with van der Waals surface area (Å²) < 4.78 is 0. The van der Waals surface area contributed by atoms with Crippen LogP contribution in [0.15, 0.2) is 18.2 Å². The predicted molar refractivity (Wildman–Crippen MR) is 66.4 cm³/mol. The summed E-state index contributed by atoms with van der Waals surface area (Å²) in [5, 5.41) is 3.75. The van der Waals surface area contributed by atoms with Crippen LogP contribution in [0.3, 0.4) is 0 Å². The number of primary amides is 1. The SMILES string of the molecule is CCCNC(C(N)=O)c1ccc(C)c(Cl)c1. The van der Waals surface area contributed by atoms with E-state index in [9.17, 15) is 4.79 Å². The van der Waals surface area contributed by atoms with Gasteiger partial charge in [-0.3, -0.25) is 4.79 Å². The Hall–Kier alpha value is -1.06. The van der Waals surface area contributed by atoms with Gasteiger partial charge in [0, 0.05) is 5.02 Å². The van der Waals surface area contributed by atoms with Crippen molar-refractivity contribution in [1.82, 2.24) is 5.32 Å². The average molecular weight is 241 g/mol. The second kappa shape index (κ2) is 5.87. The summed E-state index contributed by atoms with van der Waals surface area (Å²) in [7, 11) is 0. The molecule has 16 heavy (non-hydrogen) atoms. The maximum absolute atomic E-state index is 11.3. The summed E-state index contributed by atoms with van der Waals surface area (Å²) in [6.45, 7) is 4.71. The lowest BCUT2D eigenvalue weighted by Crippen LogP contribution is -2.34. The average Bonchev–Trinajstić information content (AvgIpc) is 2.23. The van der Waals surface area contributed by atoms with E-state index in [0.29, 0.717) is 5.02 Å². The minimum absolute atomic E-state index is 0.381. The van der Waals surface area contributed by atoms with Crippen LogP contribution in [0.25, 0.3) is 0 Å². The molecule has 0 bridgehead atoms. The van der Waals surface area contributed by atoms with Crippen molar-refractivity contribution in [2.75, 3.05) is 6.54 Å². The molecule has 0 fully saturated rings. The number of benzene rings is 1. The Balaban J connectivity index is 2.92. The molecule has 1 aromatic rings. The number of amides is 1. The normalized spacial score (nSPS) is 12.4. The van der Waals surface area contributed by atoms with Gasteiger partial charge in [-0.05, 0) is 37.1 Å². The minimum Gasteiger partial charge on any atom is -0.368 e. The van der Waals surface area contributed by atoms with Gasteiger partial charge in [0.2, 0.25) is 5.91 Å². The molecule has 0 radical (unpaired) electrons. The van der Waals surface area contributed by atoms with Crippen molar-refractivity contribution in [2.45, 2.75) is 26.3 Å². The number of rotatable bonds is 5. The number of hydrogen-bond acceptors (Lipinski definition) is 2. The van der Waals surface area contributed by atoms with E-state index < -0.39 is 6.04 Å². The van der Waals surface area contributed by atoms with Crippen molar-refractivity contribution in [3.8, 4) is 0 Å². The third kappa shape index (κ3) is 3.22. The van der Waals surface area contributed by atoms with Gasteiger partial charge in [-0.15, -0.1) is 0 Å². The number of hydrogen-bond donors (Lipinski definition) is 2. The maximum atomic E-state index is 11.3. The van der Waals surface area contributed by atoms with Crippen LogP contribution in [0, 0.1) is 6.92 Å². The largest absolute Gasteiger partial charge is 0.368 e. The molecule has 4 heteroatoms. The molecular weight excluding hydrogens is 224 g/mol. The topological polar surface area (TPSA) is 55.1 Å². The highest BCUT2D eigenvalue weighted by molar-refractivity contribution is 6.31. The van der Waals surface area contributed by atoms with Crippen LogP contribution in [0.5, 0.6) is 0 Å². The quantitative estimate of drug-likeness (QED) is 0.829. The van der Waals surface area contributed by atoms with Crippen LogP contribution in [-0.2, 0) is 4.79 Å². The summed E-state index contributed by atoms with van der Waals surface area (Å²) in [5.74, 6) is -0.381. The molecule has 1 rings (SSSR count). The molecular formula is C12H17ClN2O. The monoisotopic (exact) mass is 240 g/mol. The van der Waals surface area contributed by atoms with Crippen LogP contribution in [-0.4, -0.2) is 12.5 Å². The second-order valence-electron chi connectivity index (χ2n) is 3.80. The molecule has 0 heterocycles. The number of carbonyl (C=O) groups excluding carboxylic acids is 1. The van der Waals surface area contributed by atoms with E-state index in [1.165, 1.54) is 0 Å². The third-order valence-electron chi connectivity index (χ3n) is 2.41. The van der Waals surface area contributed by atoms with E-state index in [-0.39, 0.29) is 5.91 Å². The molecule has 1 unspecified atom stereocenters. The molecule has 88 valence electrons. The van der Waals surface area contributed by atoms with Gasteiger partial charge in [0.1, 0.15) is 6.04 Å². The Morgan fingerprint density at radius 3 is 2.75 bits per heavy atom. The summed E-state index contributed by atoms with van der Waals surface area (Å²) in [6.07, 6.45) is 0.948. The van der Waals surface area contributed by atoms with Crippen molar-refractivity contribution in [1.29, 1.82) is 0 Å². The lowest BCUT2D eigenvalue weighted by atomic mass is 10.0. The lowest BCUT2D eigenvalue weighted by molar-refractivity contribution is -0.120. The fourth-order valence-electron chi connectivity index (χ4n) is 1.46. The van der Waals surface area contributed by atoms with Gasteiger partial charge in [-0.2, -0.15) is 0 Å². The fraction of sp³-hybridized carbons (Fsp3) is 0.417. The molecule has 1 aromatic carbocycles. The molecule has 3 N–H and O–H groups in total. The molecule has 0 spiro atoms. The summed E-state index contributed by atoms with van der Waals surface area (Å²) in [6, 6.07) is 5.09. The maximum Gasteiger partial charge on any atom is 0.239 e. The van der Waals surface area contributed by atoms with E-state index in [4.69, 9.17) is 17.3 Å². The van der Waals surface area contributed by atoms with Crippen molar-refractivity contribution in [2.24, 2.45) is 5.73 Å². The van der Waals surface area contributed by atoms with Crippen LogP contribution < -0.4 is 11.1 Å². The first-order valence-corrected chi connectivity index (χ1v) is 5.72. The second-order valence-corrected chi connectivity index (χ2v) is 4.21. The molecule has 0 aliphatic heterocycles. The molecule has 0 saturated carbocycles. The molecule has 0 aromatic heterocycles. The number of halogens is 1. The zero-order valence-electron chi connectivity index (χ0n) is 9.59. The van der Waals surface area contributed by atoms with Crippen molar-refractivity contribution < 1.29 is 4.79 Å². The van der Waals surface area contributed by atoms with Gasteiger partial charge in [0.15, 0.2) is 0 Å². The Bertz CT molecular complexity index is 379. The molecule has 0 saturated heterocycles. The Kier molecular flexibility index (Phi) is 4.77. The molecule has 3 nitrogen and oxygen atoms in total. The summed E-state index contributed by atoms with van der Waals surface area (Å²) in [5.41, 5.74) is 7.16. The van der Waals surface area contributed by atoms with Crippen molar-refractivity contribution in [3.63, 3.8) is 0 Å². The number of nitrogens with one attached hydrogen (secondary N) is 1. The van der Waals surface area contributed by atoms with E-state index in [1.54, 1.807) is 6.07 Å². The summed E-state index contributed by atoms with van der Waals surface area (Å²) >= 11 is 6.02. The zero-order chi connectivity index (χ0) is 12.1. The lowest BCUT2D eigenvalue weighted by Gasteiger charge is -2.16. The first-order valence-electron chi connectivity index (χ1n) is 5.35. The zero-order valence-corrected chi connectivity index (χ0v) is 10.3. The van der Waals surface area contributed by atoms with Gasteiger partial charge in [-0.1, -0.05) is 30.7 Å². The van der Waals surface area contributed by atoms with Gasteiger partial charge in [0.05, 0.1) is 0 Å². The Morgan fingerprint density at radius 2 is 2.25 bits per heavy atom. The third-order valence-corrected chi connectivity index (χ3v) is 2.82. The molecule has 1 amide bonds. The van der Waals surface area contributed by atoms with Gasteiger partial charge >= 0.3 is 0 Å². The van der Waals surface area contributed by atoms with Crippen LogP contribution in [0.1, 0.15) is 30.5 Å². The highest BCUT2D eigenvalue weighted by Crippen LogP contribution is 2.21. The highest BCUT2D eigenvalue weighted by Gasteiger charge is 2.17. The predicted octanol–water partition coefficient (Wildman–Crippen LogP) is 2.17. The number of nitrogens with two attached hydrogens (primary N) is 1. The van der Waals surface area contributed by atoms with E-state index in [1.807, 2.05) is 26.0 Å². The summed E-state index contributed by atoms with van der Waals surface area (Å²) in [4.78, 5) is 11.3. The number of aryl methyl sites for hydroxylation is 1. The van der Waals surface area contributed by atoms with Gasteiger partial charge in [-0.25, -0.2) is 0 Å². The van der Waals surface area contributed by atoms with Crippen LogP contribution >= 0.6 is 11.6 Å². The van der Waals surface area contributed by atoms with Gasteiger partial charge < -0.3 is 11.1 Å². The number of carbonyl (C=O) groups is 1. The molecule has 0 aliphatic rings. The molecule has 1 atom stereocenters.